The van der Waals surface area contributed by atoms with Gasteiger partial charge in [-0.25, -0.2) is 13.6 Å². The van der Waals surface area contributed by atoms with Crippen LogP contribution in [0, 0.1) is 0 Å². The number of aromatic amines is 1. The number of amides is 1. The van der Waals surface area contributed by atoms with Gasteiger partial charge in [-0.05, 0) is 6.07 Å². The van der Waals surface area contributed by atoms with Gasteiger partial charge >= 0.3 is 0 Å². The Bertz CT molecular complexity index is 535. The molecule has 1 amide bonds. The first-order valence-corrected chi connectivity index (χ1v) is 7.87. The third kappa shape index (κ3) is 4.29. The highest BCUT2D eigenvalue weighted by atomic mass is 32.2. The van der Waals surface area contributed by atoms with E-state index >= 15 is 0 Å². The van der Waals surface area contributed by atoms with E-state index in [1.165, 1.54) is 6.26 Å². The van der Waals surface area contributed by atoms with Gasteiger partial charge in [-0.1, -0.05) is 0 Å². The minimum Gasteiger partial charge on any atom is -0.356 e. The molecular formula is C8H13N3O4S2. The lowest BCUT2D eigenvalue weighted by Crippen LogP contribution is -2.27. The van der Waals surface area contributed by atoms with Crippen LogP contribution in [-0.4, -0.2) is 42.1 Å². The van der Waals surface area contributed by atoms with Crippen molar-refractivity contribution in [2.24, 2.45) is 5.14 Å². The second-order valence-corrected chi connectivity index (χ2v) is 6.44. The van der Waals surface area contributed by atoms with Gasteiger partial charge in [0, 0.05) is 35.5 Å². The third-order valence-electron chi connectivity index (χ3n) is 1.90. The van der Waals surface area contributed by atoms with Crippen molar-refractivity contribution in [3.63, 3.8) is 0 Å². The predicted molar refractivity (Wildman–Crippen MR) is 63.4 cm³/mol. The number of nitrogens with one attached hydrogen (secondary N) is 2. The monoisotopic (exact) mass is 279 g/mol. The van der Waals surface area contributed by atoms with Crippen LogP contribution in [-0.2, 0) is 20.8 Å². The Labute approximate surface area is 101 Å². The number of aromatic nitrogens is 1. The molecule has 0 saturated carbocycles. The van der Waals surface area contributed by atoms with Crippen molar-refractivity contribution in [3.05, 3.63) is 18.0 Å². The van der Waals surface area contributed by atoms with E-state index in [4.69, 9.17) is 5.14 Å². The Kier molecular flexibility index (Phi) is 4.43. The molecule has 1 aromatic rings. The van der Waals surface area contributed by atoms with Gasteiger partial charge in [0.25, 0.3) is 5.91 Å². The first kappa shape index (κ1) is 13.9. The van der Waals surface area contributed by atoms with Gasteiger partial charge in [-0.15, -0.1) is 0 Å². The summed E-state index contributed by atoms with van der Waals surface area (Å²) in [6.45, 7) is 0.256. The fraction of sp³-hybridized carbons (Fsp3) is 0.375. The average Bonchev–Trinajstić information content (AvgIpc) is 2.64. The molecule has 1 atom stereocenters. The molecule has 0 bridgehead atoms. The van der Waals surface area contributed by atoms with E-state index in [1.807, 2.05) is 0 Å². The van der Waals surface area contributed by atoms with Gasteiger partial charge in [0.1, 0.15) is 5.69 Å². The summed E-state index contributed by atoms with van der Waals surface area (Å²) < 4.78 is 32.7. The lowest BCUT2D eigenvalue weighted by molar-refractivity contribution is 0.0952. The molecule has 0 spiro atoms. The lowest BCUT2D eigenvalue weighted by atomic mass is 10.4. The molecule has 0 fully saturated rings. The van der Waals surface area contributed by atoms with Gasteiger partial charge in [0.05, 0.1) is 4.90 Å². The number of hydrogen-bond donors (Lipinski definition) is 3. The van der Waals surface area contributed by atoms with E-state index < -0.39 is 26.7 Å². The highest BCUT2D eigenvalue weighted by Gasteiger charge is 2.14. The maximum absolute atomic E-state index is 11.5. The van der Waals surface area contributed by atoms with E-state index in [0.29, 0.717) is 5.75 Å². The fourth-order valence-electron chi connectivity index (χ4n) is 1.07. The molecule has 0 saturated heterocycles. The summed E-state index contributed by atoms with van der Waals surface area (Å²) in [7, 11) is -4.80. The van der Waals surface area contributed by atoms with Crippen LogP contribution in [0.1, 0.15) is 10.5 Å². The Morgan fingerprint density at radius 3 is 2.71 bits per heavy atom. The first-order valence-electron chi connectivity index (χ1n) is 4.60. The highest BCUT2D eigenvalue weighted by molar-refractivity contribution is 7.89. The zero-order valence-electron chi connectivity index (χ0n) is 9.10. The van der Waals surface area contributed by atoms with Gasteiger partial charge in [-0.3, -0.25) is 9.00 Å². The zero-order valence-corrected chi connectivity index (χ0v) is 10.7. The van der Waals surface area contributed by atoms with Crippen LogP contribution in [0.4, 0.5) is 0 Å². The summed E-state index contributed by atoms with van der Waals surface area (Å²) in [6.07, 6.45) is 2.67. The molecule has 0 aromatic carbocycles. The Morgan fingerprint density at radius 2 is 2.24 bits per heavy atom. The van der Waals surface area contributed by atoms with Gasteiger partial charge < -0.3 is 10.3 Å². The number of carbonyl (C=O) groups is 1. The summed E-state index contributed by atoms with van der Waals surface area (Å²) in [6, 6.07) is 1.15. The average molecular weight is 279 g/mol. The molecule has 1 unspecified atom stereocenters. The van der Waals surface area contributed by atoms with Crippen LogP contribution in [0.3, 0.4) is 0 Å². The smallest absolute Gasteiger partial charge is 0.267 e. The number of H-pyrrole nitrogens is 1. The molecule has 96 valence electrons. The summed E-state index contributed by atoms with van der Waals surface area (Å²) >= 11 is 0. The summed E-state index contributed by atoms with van der Waals surface area (Å²) in [5.41, 5.74) is 0.0934. The van der Waals surface area contributed by atoms with Crippen molar-refractivity contribution in [1.82, 2.24) is 10.3 Å². The molecular weight excluding hydrogens is 266 g/mol. The van der Waals surface area contributed by atoms with Crippen molar-refractivity contribution < 1.29 is 17.4 Å². The van der Waals surface area contributed by atoms with Crippen LogP contribution >= 0.6 is 0 Å². The third-order valence-corrected chi connectivity index (χ3v) is 3.58. The molecule has 1 aromatic heterocycles. The van der Waals surface area contributed by atoms with Crippen LogP contribution in [0.25, 0.3) is 0 Å². The molecule has 0 aliphatic heterocycles. The summed E-state index contributed by atoms with van der Waals surface area (Å²) in [5, 5.41) is 7.39. The molecule has 0 radical (unpaired) electrons. The molecule has 7 nitrogen and oxygen atoms in total. The van der Waals surface area contributed by atoms with Crippen molar-refractivity contribution >= 4 is 26.7 Å². The maximum Gasteiger partial charge on any atom is 0.267 e. The molecule has 4 N–H and O–H groups in total. The fourth-order valence-corrected chi connectivity index (χ4v) is 1.97. The van der Waals surface area contributed by atoms with Crippen molar-refractivity contribution in [3.8, 4) is 0 Å². The van der Waals surface area contributed by atoms with E-state index in [1.54, 1.807) is 0 Å². The van der Waals surface area contributed by atoms with E-state index in [-0.39, 0.29) is 17.1 Å². The minimum atomic E-state index is -3.81. The zero-order chi connectivity index (χ0) is 13.1. The Morgan fingerprint density at radius 1 is 1.59 bits per heavy atom. The largest absolute Gasteiger partial charge is 0.356 e. The van der Waals surface area contributed by atoms with E-state index in [0.717, 1.165) is 12.3 Å². The van der Waals surface area contributed by atoms with Crippen molar-refractivity contribution in [2.45, 2.75) is 4.90 Å². The summed E-state index contributed by atoms with van der Waals surface area (Å²) in [4.78, 5) is 13.8. The predicted octanol–water partition coefficient (Wildman–Crippen LogP) is -1.23. The number of nitrogens with two attached hydrogens (primary N) is 1. The number of hydrogen-bond acceptors (Lipinski definition) is 4. The lowest BCUT2D eigenvalue weighted by Gasteiger charge is -2.01. The van der Waals surface area contributed by atoms with E-state index in [2.05, 4.69) is 10.3 Å². The number of primary sulfonamides is 1. The number of sulfonamides is 1. The second-order valence-electron chi connectivity index (χ2n) is 3.33. The van der Waals surface area contributed by atoms with Crippen molar-refractivity contribution in [1.29, 1.82) is 0 Å². The summed E-state index contributed by atoms with van der Waals surface area (Å²) in [5.74, 6) is -0.126. The molecule has 0 aliphatic carbocycles. The first-order chi connectivity index (χ1) is 7.80. The Hall–Kier alpha value is -1.19. The molecule has 17 heavy (non-hydrogen) atoms. The van der Waals surface area contributed by atoms with Gasteiger partial charge in [0.15, 0.2) is 0 Å². The topological polar surface area (TPSA) is 122 Å². The van der Waals surface area contributed by atoms with Crippen molar-refractivity contribution in [2.75, 3.05) is 18.6 Å². The van der Waals surface area contributed by atoms with Gasteiger partial charge in [0.2, 0.25) is 10.0 Å². The maximum atomic E-state index is 11.5. The standard InChI is InChI=1S/C8H13N3O4S2/c1-16(13)3-2-10-8(12)7-4-6(5-11-7)17(9,14)15/h4-5,11H,2-3H2,1H3,(H,10,12)(H2,9,14,15). The number of rotatable bonds is 5. The van der Waals surface area contributed by atoms with Crippen LogP contribution in [0.2, 0.25) is 0 Å². The highest BCUT2D eigenvalue weighted by Crippen LogP contribution is 2.08. The van der Waals surface area contributed by atoms with Gasteiger partial charge in [-0.2, -0.15) is 0 Å². The Balaban J connectivity index is 2.65. The normalized spacial score (nSPS) is 13.3. The van der Waals surface area contributed by atoms with Crippen LogP contribution in [0.5, 0.6) is 0 Å². The second kappa shape index (κ2) is 5.43. The SMILES string of the molecule is CS(=O)CCNC(=O)c1cc(S(N)(=O)=O)c[nH]1. The minimum absolute atomic E-state index is 0.0934. The molecule has 0 aliphatic rings. The van der Waals surface area contributed by atoms with Crippen LogP contribution in [0.15, 0.2) is 17.2 Å². The van der Waals surface area contributed by atoms with Crippen LogP contribution < -0.4 is 10.5 Å². The molecule has 9 heteroatoms. The quantitative estimate of drug-likeness (QED) is 0.624. The molecule has 1 rings (SSSR count). The molecule has 1 heterocycles. The van der Waals surface area contributed by atoms with E-state index in [9.17, 15) is 17.4 Å². The number of carbonyl (C=O) groups excluding carboxylic acids is 1.